The third kappa shape index (κ3) is 2.84. The molecule has 0 aliphatic carbocycles. The zero-order chi connectivity index (χ0) is 10.7. The first kappa shape index (κ1) is 11.2. The number of phenolic OH excluding ortho intramolecular Hbond substituents is 2. The number of benzene rings is 1. The maximum atomic E-state index is 9.30. The summed E-state index contributed by atoms with van der Waals surface area (Å²) in [6, 6.07) is 5.04. The van der Waals surface area contributed by atoms with Gasteiger partial charge in [0.15, 0.2) is 11.5 Å². The number of phenols is 2. The summed E-state index contributed by atoms with van der Waals surface area (Å²) in [4.78, 5) is 0. The van der Waals surface area contributed by atoms with E-state index in [9.17, 15) is 5.11 Å². The maximum Gasteiger partial charge on any atom is 0.157 e. The largest absolute Gasteiger partial charge is 0.504 e. The van der Waals surface area contributed by atoms with E-state index in [4.69, 9.17) is 5.11 Å². The molecule has 0 aliphatic heterocycles. The van der Waals surface area contributed by atoms with E-state index < -0.39 is 0 Å². The van der Waals surface area contributed by atoms with Gasteiger partial charge in [-0.15, -0.1) is 0 Å². The van der Waals surface area contributed by atoms with Crippen molar-refractivity contribution in [1.82, 2.24) is 0 Å². The number of aromatic hydroxyl groups is 2. The Morgan fingerprint density at radius 1 is 1.21 bits per heavy atom. The third-order valence-electron chi connectivity index (χ3n) is 2.37. The average molecular weight is 213 g/mol. The van der Waals surface area contributed by atoms with Gasteiger partial charge in [-0.3, -0.25) is 0 Å². The van der Waals surface area contributed by atoms with E-state index in [2.05, 4.69) is 19.4 Å². The maximum absolute atomic E-state index is 9.30. The quantitative estimate of drug-likeness (QED) is 0.595. The summed E-state index contributed by atoms with van der Waals surface area (Å²) in [5.74, 6) is -0.0739. The van der Waals surface area contributed by atoms with E-state index >= 15 is 0 Å². The Balaban J connectivity index is 2.73. The molecule has 78 valence electrons. The van der Waals surface area contributed by atoms with Crippen LogP contribution in [0.2, 0.25) is 0 Å². The molecule has 0 heterocycles. The minimum absolute atomic E-state index is 0.0261. The lowest BCUT2D eigenvalue weighted by Gasteiger charge is -2.08. The molecule has 2 nitrogen and oxygen atoms in total. The fourth-order valence-electron chi connectivity index (χ4n) is 1.19. The van der Waals surface area contributed by atoms with Crippen LogP contribution in [-0.4, -0.2) is 28.0 Å². The molecule has 1 atom stereocenters. The molecule has 0 bridgehead atoms. The lowest BCUT2D eigenvalue weighted by molar-refractivity contribution is 0.403. The van der Waals surface area contributed by atoms with Gasteiger partial charge in [-0.25, -0.2) is 0 Å². The summed E-state index contributed by atoms with van der Waals surface area (Å²) in [6.07, 6.45) is 5.37. The van der Waals surface area contributed by atoms with Crippen LogP contribution in [0.25, 0.3) is 0 Å². The van der Waals surface area contributed by atoms with Crippen molar-refractivity contribution in [3.63, 3.8) is 0 Å². The molecule has 1 unspecified atom stereocenters. The SMILES string of the molecule is CC(Cc1ccc(O)c(O)c1)[S+](C)C. The fraction of sp³-hybridized carbons (Fsp3) is 0.455. The molecule has 1 aromatic carbocycles. The summed E-state index contributed by atoms with van der Waals surface area (Å²) in [6.45, 7) is 2.20. The molecule has 1 rings (SSSR count). The summed E-state index contributed by atoms with van der Waals surface area (Å²) in [7, 11) is 0.383. The molecule has 0 amide bonds. The van der Waals surface area contributed by atoms with E-state index in [0.29, 0.717) is 16.1 Å². The van der Waals surface area contributed by atoms with Gasteiger partial charge in [-0.05, 0) is 35.5 Å². The molecule has 3 heteroatoms. The van der Waals surface area contributed by atoms with E-state index in [1.54, 1.807) is 12.1 Å². The molecule has 0 saturated heterocycles. The highest BCUT2D eigenvalue weighted by molar-refractivity contribution is 7.96. The average Bonchev–Trinajstić information content (AvgIpc) is 2.11. The first-order chi connectivity index (χ1) is 6.50. The van der Waals surface area contributed by atoms with Crippen LogP contribution in [0.4, 0.5) is 0 Å². The molecule has 0 aliphatic rings. The highest BCUT2D eigenvalue weighted by Gasteiger charge is 2.16. The van der Waals surface area contributed by atoms with Crippen molar-refractivity contribution >= 4 is 10.9 Å². The lowest BCUT2D eigenvalue weighted by Crippen LogP contribution is -2.17. The third-order valence-corrected chi connectivity index (χ3v) is 4.14. The van der Waals surface area contributed by atoms with Crippen LogP contribution in [0.1, 0.15) is 12.5 Å². The summed E-state index contributed by atoms with van der Waals surface area (Å²) < 4.78 is 0. The Bertz CT molecular complexity index is 310. The van der Waals surface area contributed by atoms with E-state index in [1.807, 2.05) is 6.07 Å². The Kier molecular flexibility index (Phi) is 3.69. The number of hydrogen-bond donors (Lipinski definition) is 2. The van der Waals surface area contributed by atoms with Crippen LogP contribution < -0.4 is 0 Å². The van der Waals surface area contributed by atoms with Gasteiger partial charge in [0.05, 0.1) is 12.5 Å². The van der Waals surface area contributed by atoms with Gasteiger partial charge in [0.2, 0.25) is 0 Å². The van der Waals surface area contributed by atoms with Crippen molar-refractivity contribution in [2.45, 2.75) is 18.6 Å². The van der Waals surface area contributed by atoms with Crippen LogP contribution in [0.15, 0.2) is 18.2 Å². The molecule has 0 fully saturated rings. The minimum atomic E-state index is -0.0478. The molecule has 2 N–H and O–H groups in total. The second-order valence-electron chi connectivity index (χ2n) is 3.72. The van der Waals surface area contributed by atoms with Gasteiger partial charge in [0.25, 0.3) is 0 Å². The second kappa shape index (κ2) is 4.60. The predicted octanol–water partition coefficient (Wildman–Crippen LogP) is 1.91. The molecule has 0 spiro atoms. The monoisotopic (exact) mass is 213 g/mol. The van der Waals surface area contributed by atoms with Gasteiger partial charge in [0.1, 0.15) is 5.25 Å². The molecule has 0 saturated carbocycles. The van der Waals surface area contributed by atoms with Gasteiger partial charge >= 0.3 is 0 Å². The molecule has 0 radical (unpaired) electrons. The Morgan fingerprint density at radius 3 is 2.36 bits per heavy atom. The van der Waals surface area contributed by atoms with Crippen LogP contribution in [-0.2, 0) is 17.3 Å². The van der Waals surface area contributed by atoms with Crippen molar-refractivity contribution in [2.24, 2.45) is 0 Å². The van der Waals surface area contributed by atoms with E-state index in [0.717, 1.165) is 12.0 Å². The zero-order valence-electron chi connectivity index (χ0n) is 8.82. The standard InChI is InChI=1S/C11H16O2S/c1-8(14(2)3)6-9-4-5-10(12)11(13)7-9/h4-5,7-8H,6H2,1-3H3,(H-,12,13)/p+1. The van der Waals surface area contributed by atoms with Gasteiger partial charge < -0.3 is 10.2 Å². The first-order valence-corrected chi connectivity index (χ1v) is 6.68. The summed E-state index contributed by atoms with van der Waals surface area (Å²) in [5, 5.41) is 19.1. The molecular weight excluding hydrogens is 196 g/mol. The van der Waals surface area contributed by atoms with E-state index in [-0.39, 0.29) is 11.5 Å². The minimum Gasteiger partial charge on any atom is -0.504 e. The number of hydrogen-bond acceptors (Lipinski definition) is 2. The van der Waals surface area contributed by atoms with Crippen molar-refractivity contribution in [3.05, 3.63) is 23.8 Å². The van der Waals surface area contributed by atoms with Crippen molar-refractivity contribution in [3.8, 4) is 11.5 Å². The summed E-state index contributed by atoms with van der Waals surface area (Å²) in [5.41, 5.74) is 1.08. The predicted molar refractivity (Wildman–Crippen MR) is 62.2 cm³/mol. The van der Waals surface area contributed by atoms with Gasteiger partial charge in [-0.2, -0.15) is 0 Å². The van der Waals surface area contributed by atoms with Gasteiger partial charge in [0, 0.05) is 6.42 Å². The Labute approximate surface area is 87.9 Å². The lowest BCUT2D eigenvalue weighted by atomic mass is 10.1. The zero-order valence-corrected chi connectivity index (χ0v) is 9.64. The molecule has 14 heavy (non-hydrogen) atoms. The second-order valence-corrected chi connectivity index (χ2v) is 6.28. The van der Waals surface area contributed by atoms with Crippen LogP contribution in [0.3, 0.4) is 0 Å². The van der Waals surface area contributed by atoms with Crippen molar-refractivity contribution in [2.75, 3.05) is 12.5 Å². The molecular formula is C11H17O2S+. The molecule has 0 aromatic heterocycles. The summed E-state index contributed by atoms with van der Waals surface area (Å²) >= 11 is 0. The topological polar surface area (TPSA) is 40.5 Å². The first-order valence-electron chi connectivity index (χ1n) is 4.58. The van der Waals surface area contributed by atoms with Crippen LogP contribution in [0, 0.1) is 0 Å². The highest BCUT2D eigenvalue weighted by atomic mass is 32.2. The van der Waals surface area contributed by atoms with Gasteiger partial charge in [-0.1, -0.05) is 6.07 Å². The molecule has 1 aromatic rings. The normalized spacial score (nSPS) is 13.1. The smallest absolute Gasteiger partial charge is 0.157 e. The number of rotatable bonds is 3. The van der Waals surface area contributed by atoms with Crippen LogP contribution in [0.5, 0.6) is 11.5 Å². The van der Waals surface area contributed by atoms with E-state index in [1.165, 1.54) is 0 Å². The van der Waals surface area contributed by atoms with Crippen LogP contribution >= 0.6 is 0 Å². The van der Waals surface area contributed by atoms with Crippen molar-refractivity contribution < 1.29 is 10.2 Å². The highest BCUT2D eigenvalue weighted by Crippen LogP contribution is 2.25. The Morgan fingerprint density at radius 2 is 1.86 bits per heavy atom. The Hall–Kier alpha value is -0.830. The van der Waals surface area contributed by atoms with Crippen molar-refractivity contribution in [1.29, 1.82) is 0 Å². The fourth-order valence-corrected chi connectivity index (χ4v) is 1.72.